The van der Waals surface area contributed by atoms with E-state index in [-0.39, 0.29) is 0 Å². The molecule has 3 aromatic rings. The molecule has 0 amide bonds. The topological polar surface area (TPSA) is 63.0 Å². The smallest absolute Gasteiger partial charge is 0.151 e. The Hall–Kier alpha value is -2.43. The van der Waals surface area contributed by atoms with E-state index in [1.54, 1.807) is 24.7 Å². The molecule has 16 heavy (non-hydrogen) atoms. The van der Waals surface area contributed by atoms with Crippen LogP contribution in [0.5, 0.6) is 0 Å². The Bertz CT molecular complexity index is 639. The van der Waals surface area contributed by atoms with Gasteiger partial charge in [0, 0.05) is 30.4 Å². The number of carbonyl (C=O) groups is 1. The van der Waals surface area contributed by atoms with E-state index in [9.17, 15) is 4.79 Å². The Labute approximate surface area is 90.8 Å². The maximum atomic E-state index is 10.7. The molecule has 1 N–H and O–H groups in total. The zero-order chi connectivity index (χ0) is 11.0. The minimum atomic E-state index is 0.633. The van der Waals surface area contributed by atoms with Crippen LogP contribution in [0.25, 0.3) is 16.9 Å². The number of aromatic nitrogens is 4. The second kappa shape index (κ2) is 3.30. The first-order chi connectivity index (χ1) is 7.88. The van der Waals surface area contributed by atoms with Crippen molar-refractivity contribution in [2.75, 3.05) is 0 Å². The largest absolute Gasteiger partial charge is 0.320 e. The van der Waals surface area contributed by atoms with Crippen molar-refractivity contribution in [3.8, 4) is 11.4 Å². The summed E-state index contributed by atoms with van der Waals surface area (Å²) in [6.07, 6.45) is 7.76. The first kappa shape index (κ1) is 8.84. The highest BCUT2D eigenvalue weighted by Crippen LogP contribution is 2.21. The van der Waals surface area contributed by atoms with Crippen molar-refractivity contribution < 1.29 is 4.79 Å². The maximum absolute atomic E-state index is 10.7. The van der Waals surface area contributed by atoms with Crippen molar-refractivity contribution >= 4 is 11.8 Å². The molecule has 0 saturated carbocycles. The van der Waals surface area contributed by atoms with Crippen molar-refractivity contribution in [2.24, 2.45) is 0 Å². The van der Waals surface area contributed by atoms with Crippen LogP contribution >= 0.6 is 0 Å². The van der Waals surface area contributed by atoms with Gasteiger partial charge in [-0.25, -0.2) is 0 Å². The maximum Gasteiger partial charge on any atom is 0.151 e. The third kappa shape index (κ3) is 1.22. The minimum Gasteiger partial charge on any atom is -0.320 e. The molecule has 0 fully saturated rings. The molecule has 0 aliphatic carbocycles. The number of nitrogens with one attached hydrogen (secondary N) is 1. The highest BCUT2D eigenvalue weighted by Gasteiger charge is 2.08. The van der Waals surface area contributed by atoms with Gasteiger partial charge in [-0.1, -0.05) is 0 Å². The number of H-pyrrole nitrogens is 1. The Morgan fingerprint density at radius 2 is 2.31 bits per heavy atom. The van der Waals surface area contributed by atoms with Crippen LogP contribution < -0.4 is 0 Å². The third-order valence-corrected chi connectivity index (χ3v) is 2.44. The molecule has 3 aromatic heterocycles. The lowest BCUT2D eigenvalue weighted by Gasteiger charge is -1.99. The van der Waals surface area contributed by atoms with Gasteiger partial charge < -0.3 is 4.40 Å². The van der Waals surface area contributed by atoms with Gasteiger partial charge in [0.15, 0.2) is 6.29 Å². The zero-order valence-corrected chi connectivity index (χ0v) is 8.29. The van der Waals surface area contributed by atoms with Crippen molar-refractivity contribution in [3.63, 3.8) is 0 Å². The highest BCUT2D eigenvalue weighted by molar-refractivity contribution is 5.83. The molecule has 0 saturated heterocycles. The second-order valence-electron chi connectivity index (χ2n) is 3.43. The van der Waals surface area contributed by atoms with Gasteiger partial charge in [-0.3, -0.25) is 14.9 Å². The summed E-state index contributed by atoms with van der Waals surface area (Å²) in [5, 5.41) is 6.75. The van der Waals surface area contributed by atoms with E-state index in [4.69, 9.17) is 0 Å². The van der Waals surface area contributed by atoms with Crippen LogP contribution in [0.1, 0.15) is 10.4 Å². The van der Waals surface area contributed by atoms with Crippen LogP contribution in [0.4, 0.5) is 0 Å². The Morgan fingerprint density at radius 1 is 1.38 bits per heavy atom. The van der Waals surface area contributed by atoms with Crippen molar-refractivity contribution in [3.05, 3.63) is 42.5 Å². The van der Waals surface area contributed by atoms with Gasteiger partial charge in [-0.2, -0.15) is 5.10 Å². The molecule has 0 aromatic carbocycles. The lowest BCUT2D eigenvalue weighted by molar-refractivity contribution is 0.112. The molecule has 0 aliphatic heterocycles. The molecule has 5 heteroatoms. The number of aldehydes is 1. The molecule has 0 spiro atoms. The van der Waals surface area contributed by atoms with Crippen LogP contribution in [0, 0.1) is 0 Å². The summed E-state index contributed by atoms with van der Waals surface area (Å²) in [5.41, 5.74) is 3.14. The number of fused-ring (bicyclic) bond motifs is 1. The van der Waals surface area contributed by atoms with E-state index < -0.39 is 0 Å². The van der Waals surface area contributed by atoms with Crippen LogP contribution in [0.2, 0.25) is 0 Å². The van der Waals surface area contributed by atoms with Crippen LogP contribution in [0.15, 0.2) is 36.9 Å². The third-order valence-electron chi connectivity index (χ3n) is 2.44. The van der Waals surface area contributed by atoms with Gasteiger partial charge >= 0.3 is 0 Å². The SMILES string of the molecule is O=Cc1cc2c(-c3ccn[nH]3)nccn2c1. The molecule has 0 radical (unpaired) electrons. The average molecular weight is 212 g/mol. The highest BCUT2D eigenvalue weighted by atomic mass is 16.1. The zero-order valence-electron chi connectivity index (χ0n) is 8.29. The van der Waals surface area contributed by atoms with Crippen LogP contribution in [0.3, 0.4) is 0 Å². The summed E-state index contributed by atoms with van der Waals surface area (Å²) in [5.74, 6) is 0. The first-order valence-corrected chi connectivity index (χ1v) is 4.80. The molecule has 0 atom stereocenters. The van der Waals surface area contributed by atoms with E-state index in [1.807, 2.05) is 16.7 Å². The van der Waals surface area contributed by atoms with Crippen molar-refractivity contribution in [1.82, 2.24) is 19.6 Å². The molecule has 0 aliphatic rings. The number of rotatable bonds is 2. The number of hydrogen-bond acceptors (Lipinski definition) is 3. The summed E-state index contributed by atoms with van der Waals surface area (Å²) in [4.78, 5) is 15.0. The Kier molecular flexibility index (Phi) is 1.83. The number of carbonyl (C=O) groups excluding carboxylic acids is 1. The van der Waals surface area contributed by atoms with Gasteiger partial charge in [0.2, 0.25) is 0 Å². The Morgan fingerprint density at radius 3 is 3.06 bits per heavy atom. The fourth-order valence-corrected chi connectivity index (χ4v) is 1.72. The normalized spacial score (nSPS) is 10.8. The summed E-state index contributed by atoms with van der Waals surface area (Å²) in [6.45, 7) is 0. The first-order valence-electron chi connectivity index (χ1n) is 4.80. The summed E-state index contributed by atoms with van der Waals surface area (Å²) in [6, 6.07) is 3.64. The van der Waals surface area contributed by atoms with E-state index in [2.05, 4.69) is 15.2 Å². The monoisotopic (exact) mass is 212 g/mol. The van der Waals surface area contributed by atoms with Crippen molar-refractivity contribution in [1.29, 1.82) is 0 Å². The molecule has 0 unspecified atom stereocenters. The van der Waals surface area contributed by atoms with E-state index in [0.717, 1.165) is 23.2 Å². The predicted octanol–water partition coefficient (Wildman–Crippen LogP) is 1.54. The number of aromatic amines is 1. The molecule has 3 rings (SSSR count). The van der Waals surface area contributed by atoms with Crippen LogP contribution in [-0.2, 0) is 0 Å². The lowest BCUT2D eigenvalue weighted by Crippen LogP contribution is -1.89. The second-order valence-corrected chi connectivity index (χ2v) is 3.43. The number of hydrogen-bond donors (Lipinski definition) is 1. The minimum absolute atomic E-state index is 0.633. The Balaban J connectivity index is 2.32. The van der Waals surface area contributed by atoms with Gasteiger partial charge in [0.25, 0.3) is 0 Å². The lowest BCUT2D eigenvalue weighted by atomic mass is 10.2. The van der Waals surface area contributed by atoms with Crippen LogP contribution in [-0.4, -0.2) is 25.9 Å². The standard InChI is InChI=1S/C11H8N4O/c16-7-8-5-10-11(9-1-2-13-14-9)12-3-4-15(10)6-8/h1-7H,(H,13,14). The van der Waals surface area contributed by atoms with E-state index >= 15 is 0 Å². The quantitative estimate of drug-likeness (QED) is 0.655. The van der Waals surface area contributed by atoms with Gasteiger partial charge in [-0.15, -0.1) is 0 Å². The van der Waals surface area contributed by atoms with E-state index in [1.165, 1.54) is 0 Å². The van der Waals surface area contributed by atoms with Gasteiger partial charge in [0.1, 0.15) is 5.69 Å². The molecule has 0 bridgehead atoms. The fourth-order valence-electron chi connectivity index (χ4n) is 1.72. The van der Waals surface area contributed by atoms with Gasteiger partial charge in [0.05, 0.1) is 11.2 Å². The summed E-state index contributed by atoms with van der Waals surface area (Å²) in [7, 11) is 0. The van der Waals surface area contributed by atoms with Gasteiger partial charge in [-0.05, 0) is 12.1 Å². The summed E-state index contributed by atoms with van der Waals surface area (Å²) >= 11 is 0. The average Bonchev–Trinajstić information content (AvgIpc) is 2.97. The number of nitrogens with zero attached hydrogens (tertiary/aromatic N) is 3. The molecule has 5 nitrogen and oxygen atoms in total. The summed E-state index contributed by atoms with van der Waals surface area (Å²) < 4.78 is 1.87. The predicted molar refractivity (Wildman–Crippen MR) is 58.2 cm³/mol. The molecule has 78 valence electrons. The molecular weight excluding hydrogens is 204 g/mol. The van der Waals surface area contributed by atoms with Crippen molar-refractivity contribution in [2.45, 2.75) is 0 Å². The molecule has 3 heterocycles. The molecular formula is C11H8N4O. The van der Waals surface area contributed by atoms with E-state index in [0.29, 0.717) is 5.56 Å². The fraction of sp³-hybridized carbons (Fsp3) is 0.